The lowest BCUT2D eigenvalue weighted by Crippen LogP contribution is -2.36. The molecule has 3 heteroatoms. The molecule has 1 nitrogen and oxygen atoms in total. The molecule has 1 heterocycles. The van der Waals surface area contributed by atoms with E-state index >= 15 is 0 Å². The lowest BCUT2D eigenvalue weighted by Gasteiger charge is -2.33. The van der Waals surface area contributed by atoms with Crippen LogP contribution in [0, 0.1) is 0 Å². The van der Waals surface area contributed by atoms with E-state index in [0.29, 0.717) is 6.42 Å². The van der Waals surface area contributed by atoms with Crippen molar-refractivity contribution in [2.24, 2.45) is 0 Å². The minimum atomic E-state index is -0.187. The second-order valence-corrected chi connectivity index (χ2v) is 5.37. The maximum absolute atomic E-state index is 11.9. The van der Waals surface area contributed by atoms with Gasteiger partial charge in [0.25, 0.3) is 0 Å². The Morgan fingerprint density at radius 1 is 1.45 bits per heavy atom. The van der Waals surface area contributed by atoms with Crippen LogP contribution in [0.15, 0.2) is 0 Å². The Labute approximate surface area is 70.7 Å². The van der Waals surface area contributed by atoms with Gasteiger partial charge in [0.15, 0.2) is 0 Å². The summed E-state index contributed by atoms with van der Waals surface area (Å²) in [5.41, 5.74) is 0. The van der Waals surface area contributed by atoms with Crippen molar-refractivity contribution in [3.05, 3.63) is 0 Å². The molecule has 0 aliphatic carbocycles. The number of rotatable bonds is 3. The first kappa shape index (κ1) is 9.20. The minimum absolute atomic E-state index is 0.129. The molecular weight excluding hydrogens is 159 g/mol. The summed E-state index contributed by atoms with van der Waals surface area (Å²) < 4.78 is 17.5. The molecule has 1 unspecified atom stereocenters. The predicted octanol–water partition coefficient (Wildman–Crippen LogP) is 0.998. The van der Waals surface area contributed by atoms with Crippen molar-refractivity contribution < 1.29 is 9.13 Å². The summed E-state index contributed by atoms with van der Waals surface area (Å²) >= 11 is 0. The van der Waals surface area contributed by atoms with Gasteiger partial charge in [-0.15, -0.1) is 0 Å². The summed E-state index contributed by atoms with van der Waals surface area (Å²) in [6.07, 6.45) is 5.26. The average Bonchev–Trinajstić information content (AvgIpc) is 2.03. The molecule has 66 valence electrons. The van der Waals surface area contributed by atoms with Gasteiger partial charge in [0, 0.05) is 22.1 Å². The van der Waals surface area contributed by atoms with Crippen molar-refractivity contribution in [1.29, 1.82) is 0 Å². The lowest BCUT2D eigenvalue weighted by atomic mass is 10.0. The van der Waals surface area contributed by atoms with Gasteiger partial charge in [0.2, 0.25) is 0 Å². The SMILES string of the molecule is FCCCC1([SiH3])CCCCO1. The lowest BCUT2D eigenvalue weighted by molar-refractivity contribution is -0.0244. The van der Waals surface area contributed by atoms with E-state index in [-0.39, 0.29) is 11.9 Å². The van der Waals surface area contributed by atoms with Crippen LogP contribution in [0.2, 0.25) is 0 Å². The Balaban J connectivity index is 2.25. The Kier molecular flexibility index (Phi) is 3.52. The quantitative estimate of drug-likeness (QED) is 0.583. The Morgan fingerprint density at radius 3 is 2.82 bits per heavy atom. The molecule has 0 bridgehead atoms. The zero-order chi connectivity index (χ0) is 8.16. The third-order valence-corrected chi connectivity index (χ3v) is 3.68. The standard InChI is InChI=1S/C8H17FOSi/c9-6-3-5-8(11)4-1-2-7-10-8/h1-7H2,11H3. The van der Waals surface area contributed by atoms with Crippen LogP contribution in [0.5, 0.6) is 0 Å². The molecule has 1 aliphatic rings. The van der Waals surface area contributed by atoms with E-state index < -0.39 is 0 Å². The van der Waals surface area contributed by atoms with Crippen LogP contribution in [-0.2, 0) is 4.74 Å². The van der Waals surface area contributed by atoms with E-state index in [4.69, 9.17) is 4.74 Å². The van der Waals surface area contributed by atoms with Crippen molar-refractivity contribution in [2.75, 3.05) is 13.3 Å². The molecule has 1 saturated heterocycles. The first-order valence-corrected chi connectivity index (χ1v) is 5.47. The third-order valence-electron chi connectivity index (χ3n) is 2.39. The summed E-state index contributed by atoms with van der Waals surface area (Å²) in [4.78, 5) is 0. The molecule has 0 saturated carbocycles. The summed E-state index contributed by atoms with van der Waals surface area (Å²) in [5, 5.41) is 0.129. The molecule has 1 atom stereocenters. The van der Waals surface area contributed by atoms with E-state index in [9.17, 15) is 4.39 Å². The van der Waals surface area contributed by atoms with E-state index in [0.717, 1.165) is 23.3 Å². The Hall–Kier alpha value is 0.107. The van der Waals surface area contributed by atoms with E-state index in [1.807, 2.05) is 0 Å². The van der Waals surface area contributed by atoms with Gasteiger partial charge < -0.3 is 4.74 Å². The van der Waals surface area contributed by atoms with E-state index in [1.165, 1.54) is 19.3 Å². The molecule has 1 aliphatic heterocycles. The van der Waals surface area contributed by atoms with Crippen LogP contribution in [0.3, 0.4) is 0 Å². The van der Waals surface area contributed by atoms with Crippen molar-refractivity contribution in [3.8, 4) is 0 Å². The zero-order valence-electron chi connectivity index (χ0n) is 7.24. The predicted molar refractivity (Wildman–Crippen MR) is 47.7 cm³/mol. The van der Waals surface area contributed by atoms with E-state index in [2.05, 4.69) is 0 Å². The highest BCUT2D eigenvalue weighted by Crippen LogP contribution is 2.25. The average molecular weight is 176 g/mol. The third kappa shape index (κ3) is 2.91. The molecular formula is C8H17FOSi. The second kappa shape index (κ2) is 4.21. The molecule has 1 fully saturated rings. The minimum Gasteiger partial charge on any atom is -0.380 e. The van der Waals surface area contributed by atoms with Crippen LogP contribution >= 0.6 is 0 Å². The summed E-state index contributed by atoms with van der Waals surface area (Å²) in [6, 6.07) is 0. The second-order valence-electron chi connectivity index (χ2n) is 3.55. The van der Waals surface area contributed by atoms with Gasteiger partial charge >= 0.3 is 0 Å². The van der Waals surface area contributed by atoms with Gasteiger partial charge in [0.1, 0.15) is 0 Å². The monoisotopic (exact) mass is 176 g/mol. The molecule has 0 aromatic carbocycles. The molecule has 0 radical (unpaired) electrons. The van der Waals surface area contributed by atoms with Crippen molar-refractivity contribution in [3.63, 3.8) is 0 Å². The molecule has 0 spiro atoms. The van der Waals surface area contributed by atoms with Gasteiger partial charge in [-0.05, 0) is 32.1 Å². The topological polar surface area (TPSA) is 9.23 Å². The number of alkyl halides is 1. The smallest absolute Gasteiger partial charge is 0.0895 e. The van der Waals surface area contributed by atoms with Crippen LogP contribution in [0.1, 0.15) is 32.1 Å². The number of halogens is 1. The molecule has 0 aromatic rings. The number of ether oxygens (including phenoxy) is 1. The summed E-state index contributed by atoms with van der Waals surface area (Å²) in [6.45, 7) is 0.711. The molecule has 0 amide bonds. The van der Waals surface area contributed by atoms with Crippen LogP contribution < -0.4 is 0 Å². The molecule has 0 aromatic heterocycles. The van der Waals surface area contributed by atoms with Crippen molar-refractivity contribution in [2.45, 2.75) is 37.3 Å². The zero-order valence-corrected chi connectivity index (χ0v) is 9.24. The highest BCUT2D eigenvalue weighted by Gasteiger charge is 2.26. The van der Waals surface area contributed by atoms with Crippen LogP contribution in [-0.4, -0.2) is 28.7 Å². The fourth-order valence-corrected chi connectivity index (χ4v) is 2.54. The highest BCUT2D eigenvalue weighted by atomic mass is 28.1. The van der Waals surface area contributed by atoms with Gasteiger partial charge in [-0.3, -0.25) is 4.39 Å². The van der Waals surface area contributed by atoms with Gasteiger partial charge in [-0.2, -0.15) is 0 Å². The summed E-state index contributed by atoms with van der Waals surface area (Å²) in [5.74, 6) is 0. The van der Waals surface area contributed by atoms with Crippen molar-refractivity contribution in [1.82, 2.24) is 0 Å². The maximum atomic E-state index is 11.9. The number of hydrogen-bond acceptors (Lipinski definition) is 1. The highest BCUT2D eigenvalue weighted by molar-refractivity contribution is 6.14. The Morgan fingerprint density at radius 2 is 2.27 bits per heavy atom. The van der Waals surface area contributed by atoms with Gasteiger partial charge in [-0.25, -0.2) is 0 Å². The molecule has 11 heavy (non-hydrogen) atoms. The largest absolute Gasteiger partial charge is 0.380 e. The molecule has 0 N–H and O–H groups in total. The van der Waals surface area contributed by atoms with E-state index in [1.54, 1.807) is 0 Å². The van der Waals surface area contributed by atoms with Crippen LogP contribution in [0.25, 0.3) is 0 Å². The fraction of sp³-hybridized carbons (Fsp3) is 1.00. The number of hydrogen-bond donors (Lipinski definition) is 0. The fourth-order valence-electron chi connectivity index (χ4n) is 1.63. The van der Waals surface area contributed by atoms with Gasteiger partial charge in [-0.1, -0.05) is 0 Å². The normalized spacial score (nSPS) is 32.5. The van der Waals surface area contributed by atoms with Gasteiger partial charge in [0.05, 0.1) is 6.67 Å². The first-order valence-electron chi connectivity index (χ1n) is 4.47. The summed E-state index contributed by atoms with van der Waals surface area (Å²) in [7, 11) is 1.06. The maximum Gasteiger partial charge on any atom is 0.0895 e. The molecule has 1 rings (SSSR count). The first-order chi connectivity index (χ1) is 5.27. The van der Waals surface area contributed by atoms with Crippen LogP contribution in [0.4, 0.5) is 4.39 Å². The van der Waals surface area contributed by atoms with Crippen molar-refractivity contribution >= 4 is 10.2 Å². The Bertz CT molecular complexity index is 113.